The minimum Gasteiger partial charge on any atom is -0.497 e. The van der Waals surface area contributed by atoms with Crippen molar-refractivity contribution in [3.63, 3.8) is 0 Å². The van der Waals surface area contributed by atoms with Gasteiger partial charge in [-0.15, -0.1) is 0 Å². The van der Waals surface area contributed by atoms with Crippen molar-refractivity contribution in [2.45, 2.75) is 6.54 Å². The van der Waals surface area contributed by atoms with Crippen LogP contribution in [0.25, 0.3) is 32.9 Å². The smallest absolute Gasteiger partial charge is 0.259 e. The Morgan fingerprint density at radius 1 is 1.09 bits per heavy atom. The summed E-state index contributed by atoms with van der Waals surface area (Å²) in [5.74, 6) is 0.647. The molecule has 0 spiro atoms. The summed E-state index contributed by atoms with van der Waals surface area (Å²) in [4.78, 5) is 21.2. The van der Waals surface area contributed by atoms with E-state index in [-0.39, 0.29) is 17.8 Å². The SMILES string of the molecule is COc1ccc2c(=O)n(Cc3nc4ccccc4[nH]3)c(C#N)c(-c3cccc(F)c3)c2c1. The number of nitriles is 1. The normalized spacial score (nSPS) is 11.0. The second kappa shape index (κ2) is 7.67. The first-order chi connectivity index (χ1) is 15.6. The average Bonchev–Trinajstić information content (AvgIpc) is 3.22. The highest BCUT2D eigenvalue weighted by Gasteiger charge is 2.20. The maximum atomic E-state index is 14.1. The molecule has 3 aromatic carbocycles. The molecule has 156 valence electrons. The molecule has 0 unspecified atom stereocenters. The third-order valence-corrected chi connectivity index (χ3v) is 5.44. The third-order valence-electron chi connectivity index (χ3n) is 5.44. The number of benzene rings is 3. The first-order valence-electron chi connectivity index (χ1n) is 9.93. The third kappa shape index (κ3) is 3.19. The number of rotatable bonds is 4. The molecule has 32 heavy (non-hydrogen) atoms. The van der Waals surface area contributed by atoms with Crippen molar-refractivity contribution in [2.24, 2.45) is 0 Å². The van der Waals surface area contributed by atoms with Gasteiger partial charge in [0.25, 0.3) is 5.56 Å². The molecular formula is C25H17FN4O2. The monoisotopic (exact) mass is 424 g/mol. The van der Waals surface area contributed by atoms with Gasteiger partial charge in [0.05, 0.1) is 24.7 Å². The zero-order valence-electron chi connectivity index (χ0n) is 17.1. The lowest BCUT2D eigenvalue weighted by atomic mass is 9.96. The first-order valence-corrected chi connectivity index (χ1v) is 9.93. The zero-order chi connectivity index (χ0) is 22.2. The van der Waals surface area contributed by atoms with Crippen LogP contribution in [0.3, 0.4) is 0 Å². The average molecular weight is 424 g/mol. The summed E-state index contributed by atoms with van der Waals surface area (Å²) in [6.07, 6.45) is 0. The second-order valence-corrected chi connectivity index (χ2v) is 7.35. The highest BCUT2D eigenvalue weighted by atomic mass is 19.1. The van der Waals surface area contributed by atoms with E-state index in [2.05, 4.69) is 16.0 Å². The molecule has 0 aliphatic heterocycles. The van der Waals surface area contributed by atoms with Crippen molar-refractivity contribution in [1.82, 2.24) is 14.5 Å². The number of ether oxygens (including phenoxy) is 1. The van der Waals surface area contributed by atoms with E-state index in [0.717, 1.165) is 11.0 Å². The molecule has 0 saturated heterocycles. The van der Waals surface area contributed by atoms with Crippen molar-refractivity contribution in [2.75, 3.05) is 7.11 Å². The van der Waals surface area contributed by atoms with E-state index in [9.17, 15) is 14.4 Å². The Morgan fingerprint density at radius 2 is 1.94 bits per heavy atom. The number of aromatic nitrogens is 3. The minimum atomic E-state index is -0.433. The standard InChI is InChI=1S/C25H17FN4O2/c1-32-17-9-10-18-19(12-17)24(15-5-4-6-16(26)11-15)22(13-27)30(25(18)31)14-23-28-20-7-2-3-8-21(20)29-23/h2-12H,14H2,1H3,(H,28,29). The molecule has 5 rings (SSSR count). The van der Waals surface area contributed by atoms with E-state index in [1.54, 1.807) is 30.3 Å². The molecule has 0 amide bonds. The number of H-pyrrole nitrogens is 1. The zero-order valence-corrected chi connectivity index (χ0v) is 17.1. The summed E-state index contributed by atoms with van der Waals surface area (Å²) in [6, 6.07) is 20.7. The van der Waals surface area contributed by atoms with Gasteiger partial charge in [0.1, 0.15) is 29.2 Å². The fourth-order valence-corrected chi connectivity index (χ4v) is 3.99. The van der Waals surface area contributed by atoms with Crippen LogP contribution in [-0.4, -0.2) is 21.6 Å². The van der Waals surface area contributed by atoms with E-state index in [1.165, 1.54) is 23.8 Å². The Balaban J connectivity index is 1.82. The lowest BCUT2D eigenvalue weighted by molar-refractivity contribution is 0.415. The maximum Gasteiger partial charge on any atom is 0.259 e. The van der Waals surface area contributed by atoms with Crippen LogP contribution >= 0.6 is 0 Å². The van der Waals surface area contributed by atoms with Crippen LogP contribution < -0.4 is 10.3 Å². The Bertz CT molecular complexity index is 1560. The topological polar surface area (TPSA) is 83.7 Å². The number of hydrogen-bond donors (Lipinski definition) is 1. The van der Waals surface area contributed by atoms with E-state index >= 15 is 0 Å². The summed E-state index contributed by atoms with van der Waals surface area (Å²) in [5, 5.41) is 11.0. The molecule has 0 saturated carbocycles. The molecule has 0 aliphatic rings. The van der Waals surface area contributed by atoms with Gasteiger partial charge in [0.15, 0.2) is 0 Å². The maximum absolute atomic E-state index is 14.1. The van der Waals surface area contributed by atoms with Gasteiger partial charge in [0, 0.05) is 16.3 Å². The van der Waals surface area contributed by atoms with Crippen molar-refractivity contribution >= 4 is 21.8 Å². The molecule has 2 heterocycles. The summed E-state index contributed by atoms with van der Waals surface area (Å²) >= 11 is 0. The summed E-state index contributed by atoms with van der Waals surface area (Å²) < 4.78 is 20.8. The number of fused-ring (bicyclic) bond motifs is 2. The van der Waals surface area contributed by atoms with Crippen LogP contribution in [0.5, 0.6) is 5.75 Å². The van der Waals surface area contributed by atoms with Gasteiger partial charge in [-0.3, -0.25) is 9.36 Å². The Morgan fingerprint density at radius 3 is 2.69 bits per heavy atom. The quantitative estimate of drug-likeness (QED) is 0.457. The van der Waals surface area contributed by atoms with Crippen molar-refractivity contribution in [1.29, 1.82) is 5.26 Å². The number of methoxy groups -OCH3 is 1. The van der Waals surface area contributed by atoms with Crippen LogP contribution in [-0.2, 0) is 6.54 Å². The molecule has 7 heteroatoms. The second-order valence-electron chi connectivity index (χ2n) is 7.35. The van der Waals surface area contributed by atoms with Gasteiger partial charge in [-0.2, -0.15) is 5.26 Å². The largest absolute Gasteiger partial charge is 0.497 e. The molecule has 0 atom stereocenters. The van der Waals surface area contributed by atoms with Gasteiger partial charge in [-0.1, -0.05) is 24.3 Å². The van der Waals surface area contributed by atoms with Crippen LogP contribution in [0, 0.1) is 17.1 Å². The molecule has 2 aromatic heterocycles. The van der Waals surface area contributed by atoms with Gasteiger partial charge in [0.2, 0.25) is 0 Å². The molecule has 6 nitrogen and oxygen atoms in total. The van der Waals surface area contributed by atoms with Crippen molar-refractivity contribution in [3.8, 4) is 22.9 Å². The van der Waals surface area contributed by atoms with Crippen molar-refractivity contribution < 1.29 is 9.13 Å². The first kappa shape index (κ1) is 19.5. The van der Waals surface area contributed by atoms with E-state index in [4.69, 9.17) is 4.74 Å². The molecule has 5 aromatic rings. The van der Waals surface area contributed by atoms with E-state index < -0.39 is 5.82 Å². The van der Waals surface area contributed by atoms with Crippen LogP contribution in [0.15, 0.2) is 71.5 Å². The summed E-state index contributed by atoms with van der Waals surface area (Å²) in [7, 11) is 1.52. The number of hydrogen-bond acceptors (Lipinski definition) is 4. The predicted octanol–water partition coefficient (Wildman–Crippen LogP) is 4.61. The van der Waals surface area contributed by atoms with Crippen LogP contribution in [0.1, 0.15) is 11.5 Å². The number of aromatic amines is 1. The highest BCUT2D eigenvalue weighted by Crippen LogP contribution is 2.33. The number of nitrogens with one attached hydrogen (secondary N) is 1. The molecule has 0 radical (unpaired) electrons. The molecule has 1 N–H and O–H groups in total. The molecule has 0 bridgehead atoms. The predicted molar refractivity (Wildman–Crippen MR) is 120 cm³/mol. The Labute approximate surface area is 182 Å². The number of para-hydroxylation sites is 2. The number of nitrogens with zero attached hydrogens (tertiary/aromatic N) is 3. The van der Waals surface area contributed by atoms with E-state index in [0.29, 0.717) is 33.5 Å². The minimum absolute atomic E-state index is 0.0701. The summed E-state index contributed by atoms with van der Waals surface area (Å²) in [5.41, 5.74) is 2.37. The van der Waals surface area contributed by atoms with Crippen LogP contribution in [0.4, 0.5) is 4.39 Å². The van der Waals surface area contributed by atoms with E-state index in [1.807, 2.05) is 24.3 Å². The fourth-order valence-electron chi connectivity index (χ4n) is 3.99. The fraction of sp³-hybridized carbons (Fsp3) is 0.0800. The number of imidazole rings is 1. The summed E-state index contributed by atoms with van der Waals surface area (Å²) in [6.45, 7) is 0.0701. The molecular weight excluding hydrogens is 407 g/mol. The molecule has 0 aliphatic carbocycles. The van der Waals surface area contributed by atoms with Gasteiger partial charge in [-0.05, 0) is 48.0 Å². The number of halogens is 1. The van der Waals surface area contributed by atoms with Gasteiger partial charge >= 0.3 is 0 Å². The lowest BCUT2D eigenvalue weighted by Crippen LogP contribution is -2.25. The Hall–Kier alpha value is -4.44. The van der Waals surface area contributed by atoms with Gasteiger partial charge < -0.3 is 9.72 Å². The molecule has 0 fully saturated rings. The van der Waals surface area contributed by atoms with Crippen molar-refractivity contribution in [3.05, 3.63) is 94.4 Å². The van der Waals surface area contributed by atoms with Crippen LogP contribution in [0.2, 0.25) is 0 Å². The Kier molecular flexibility index (Phi) is 4.68. The lowest BCUT2D eigenvalue weighted by Gasteiger charge is -2.16. The highest BCUT2D eigenvalue weighted by molar-refractivity contribution is 5.99. The number of pyridine rings is 1. The van der Waals surface area contributed by atoms with Gasteiger partial charge in [-0.25, -0.2) is 9.37 Å².